The summed E-state index contributed by atoms with van der Waals surface area (Å²) in [6.07, 6.45) is 12.9. The third-order valence-corrected chi connectivity index (χ3v) is 5.89. The minimum absolute atomic E-state index is 0.410. The molecule has 3 atom stereocenters. The first kappa shape index (κ1) is 16.0. The molecule has 1 N–H and O–H groups in total. The van der Waals surface area contributed by atoms with Crippen molar-refractivity contribution in [1.29, 1.82) is 0 Å². The van der Waals surface area contributed by atoms with Crippen LogP contribution < -0.4 is 5.32 Å². The van der Waals surface area contributed by atoms with E-state index in [0.717, 1.165) is 12.3 Å². The topological polar surface area (TPSA) is 24.9 Å². The van der Waals surface area contributed by atoms with Crippen LogP contribution in [0.3, 0.4) is 0 Å². The molecule has 3 heteroatoms. The Balaban J connectivity index is 1.83. The first-order valence-corrected chi connectivity index (χ1v) is 9.25. The fourth-order valence-corrected chi connectivity index (χ4v) is 4.22. The van der Waals surface area contributed by atoms with E-state index in [0.29, 0.717) is 12.1 Å². The lowest BCUT2D eigenvalue weighted by Crippen LogP contribution is -2.31. The fraction of sp³-hybridized carbons (Fsp3) is 0.824. The van der Waals surface area contributed by atoms with E-state index in [1.54, 1.807) is 0 Å². The van der Waals surface area contributed by atoms with Crippen LogP contribution in [0, 0.1) is 5.92 Å². The van der Waals surface area contributed by atoms with Crippen molar-refractivity contribution in [3.63, 3.8) is 0 Å². The van der Waals surface area contributed by atoms with E-state index in [4.69, 9.17) is 0 Å². The highest BCUT2D eigenvalue weighted by Crippen LogP contribution is 2.28. The highest BCUT2D eigenvalue weighted by atomic mass is 32.1. The Labute approximate surface area is 128 Å². The van der Waals surface area contributed by atoms with Crippen molar-refractivity contribution >= 4 is 11.3 Å². The molecule has 114 valence electrons. The summed E-state index contributed by atoms with van der Waals surface area (Å²) in [6.45, 7) is 6.79. The molecule has 0 spiro atoms. The average Bonchev–Trinajstić information content (AvgIpc) is 2.83. The Morgan fingerprint density at radius 1 is 1.30 bits per heavy atom. The van der Waals surface area contributed by atoms with Gasteiger partial charge >= 0.3 is 0 Å². The molecule has 0 bridgehead atoms. The summed E-state index contributed by atoms with van der Waals surface area (Å²) < 4.78 is 0. The van der Waals surface area contributed by atoms with E-state index in [9.17, 15) is 0 Å². The van der Waals surface area contributed by atoms with Gasteiger partial charge in [-0.2, -0.15) is 0 Å². The van der Waals surface area contributed by atoms with E-state index in [-0.39, 0.29) is 0 Å². The molecule has 0 saturated heterocycles. The van der Waals surface area contributed by atoms with Crippen LogP contribution in [-0.2, 0) is 6.42 Å². The molecule has 0 aromatic carbocycles. The molecule has 3 unspecified atom stereocenters. The van der Waals surface area contributed by atoms with E-state index in [1.165, 1.54) is 54.8 Å². The van der Waals surface area contributed by atoms with Crippen LogP contribution in [0.15, 0.2) is 6.20 Å². The van der Waals surface area contributed by atoms with Gasteiger partial charge in [-0.15, -0.1) is 11.3 Å². The monoisotopic (exact) mass is 294 g/mol. The van der Waals surface area contributed by atoms with Crippen LogP contribution >= 0.6 is 11.3 Å². The molecule has 0 radical (unpaired) electrons. The molecule has 20 heavy (non-hydrogen) atoms. The van der Waals surface area contributed by atoms with Gasteiger partial charge < -0.3 is 5.32 Å². The molecule has 2 rings (SSSR count). The number of hydrogen-bond acceptors (Lipinski definition) is 3. The molecule has 2 nitrogen and oxygen atoms in total. The minimum Gasteiger partial charge on any atom is -0.305 e. The van der Waals surface area contributed by atoms with Crippen molar-refractivity contribution in [3.8, 4) is 0 Å². The first-order chi connectivity index (χ1) is 9.72. The van der Waals surface area contributed by atoms with Gasteiger partial charge in [-0.05, 0) is 38.5 Å². The Morgan fingerprint density at radius 3 is 2.85 bits per heavy atom. The minimum atomic E-state index is 0.410. The molecule has 1 heterocycles. The summed E-state index contributed by atoms with van der Waals surface area (Å²) in [5.41, 5.74) is 0. The van der Waals surface area contributed by atoms with Gasteiger partial charge in [-0.25, -0.2) is 4.98 Å². The molecule has 0 amide bonds. The third-order valence-electron chi connectivity index (χ3n) is 4.56. The van der Waals surface area contributed by atoms with Gasteiger partial charge in [0.05, 0.1) is 6.04 Å². The van der Waals surface area contributed by atoms with Crippen LogP contribution in [0.25, 0.3) is 0 Å². The Bertz CT molecular complexity index is 388. The van der Waals surface area contributed by atoms with Crippen LogP contribution in [0.5, 0.6) is 0 Å². The molecular weight excluding hydrogens is 264 g/mol. The lowest BCUT2D eigenvalue weighted by molar-refractivity contribution is 0.392. The average molecular weight is 295 g/mol. The van der Waals surface area contributed by atoms with Gasteiger partial charge in [0.25, 0.3) is 0 Å². The maximum absolute atomic E-state index is 4.58. The van der Waals surface area contributed by atoms with Gasteiger partial charge in [0, 0.05) is 17.1 Å². The quantitative estimate of drug-likeness (QED) is 0.738. The number of aromatic nitrogens is 1. The van der Waals surface area contributed by atoms with Crippen molar-refractivity contribution in [2.45, 2.75) is 84.2 Å². The lowest BCUT2D eigenvalue weighted by atomic mass is 9.95. The lowest BCUT2D eigenvalue weighted by Gasteiger charge is -2.21. The number of rotatable bonds is 6. The van der Waals surface area contributed by atoms with Crippen molar-refractivity contribution in [2.24, 2.45) is 5.92 Å². The maximum atomic E-state index is 4.58. The normalized spacial score (nSPS) is 25.4. The third kappa shape index (κ3) is 4.56. The van der Waals surface area contributed by atoms with Crippen molar-refractivity contribution < 1.29 is 0 Å². The number of thiazole rings is 1. The van der Waals surface area contributed by atoms with Gasteiger partial charge in [-0.1, -0.05) is 39.5 Å². The molecule has 1 aromatic rings. The van der Waals surface area contributed by atoms with Gasteiger partial charge in [0.15, 0.2) is 0 Å². The summed E-state index contributed by atoms with van der Waals surface area (Å²) in [5, 5.41) is 5.08. The molecule has 1 aliphatic carbocycles. The summed E-state index contributed by atoms with van der Waals surface area (Å²) in [7, 11) is 0. The molecule has 1 aromatic heterocycles. The predicted molar refractivity (Wildman–Crippen MR) is 88.3 cm³/mol. The summed E-state index contributed by atoms with van der Waals surface area (Å²) in [5.74, 6) is 0.980. The SMILES string of the molecule is CCCC1CCCC(NC(C)c2ncc(CC)s2)CC1. The second-order valence-corrected chi connectivity index (χ2v) is 7.41. The number of nitrogens with one attached hydrogen (secondary N) is 1. The Hall–Kier alpha value is -0.410. The van der Waals surface area contributed by atoms with Gasteiger partial charge in [0.1, 0.15) is 5.01 Å². The van der Waals surface area contributed by atoms with Crippen molar-refractivity contribution in [2.75, 3.05) is 0 Å². The van der Waals surface area contributed by atoms with Crippen molar-refractivity contribution in [1.82, 2.24) is 10.3 Å². The highest BCUT2D eigenvalue weighted by molar-refractivity contribution is 7.11. The van der Waals surface area contributed by atoms with Crippen LogP contribution in [0.1, 0.15) is 81.6 Å². The second kappa shape index (κ2) is 8.14. The summed E-state index contributed by atoms with van der Waals surface area (Å²) in [6, 6.07) is 1.11. The largest absolute Gasteiger partial charge is 0.305 e. The van der Waals surface area contributed by atoms with Gasteiger partial charge in [-0.3, -0.25) is 0 Å². The molecule has 0 aliphatic heterocycles. The maximum Gasteiger partial charge on any atom is 0.109 e. The van der Waals surface area contributed by atoms with Crippen LogP contribution in [0.4, 0.5) is 0 Å². The fourth-order valence-electron chi connectivity index (χ4n) is 3.35. The number of hydrogen-bond donors (Lipinski definition) is 1. The molecule has 1 fully saturated rings. The van der Waals surface area contributed by atoms with E-state index in [2.05, 4.69) is 31.1 Å². The van der Waals surface area contributed by atoms with Gasteiger partial charge in [0.2, 0.25) is 0 Å². The van der Waals surface area contributed by atoms with Crippen molar-refractivity contribution in [3.05, 3.63) is 16.1 Å². The first-order valence-electron chi connectivity index (χ1n) is 8.43. The summed E-state index contributed by atoms with van der Waals surface area (Å²) in [4.78, 5) is 5.98. The number of aryl methyl sites for hydroxylation is 1. The van der Waals surface area contributed by atoms with E-state index in [1.807, 2.05) is 17.5 Å². The standard InChI is InChI=1S/C17H30N2S/c1-4-7-14-8-6-9-15(11-10-14)19-13(3)17-18-12-16(5-2)20-17/h12-15,19H,4-11H2,1-3H3. The Kier molecular flexibility index (Phi) is 6.50. The molecule has 1 aliphatic rings. The second-order valence-electron chi connectivity index (χ2n) is 6.27. The van der Waals surface area contributed by atoms with E-state index >= 15 is 0 Å². The highest BCUT2D eigenvalue weighted by Gasteiger charge is 2.20. The zero-order valence-corrected chi connectivity index (χ0v) is 14.1. The van der Waals surface area contributed by atoms with Crippen LogP contribution in [0.2, 0.25) is 0 Å². The Morgan fingerprint density at radius 2 is 2.15 bits per heavy atom. The summed E-state index contributed by atoms with van der Waals surface area (Å²) >= 11 is 1.87. The van der Waals surface area contributed by atoms with E-state index < -0.39 is 0 Å². The molecule has 1 saturated carbocycles. The zero-order valence-electron chi connectivity index (χ0n) is 13.3. The predicted octanol–water partition coefficient (Wildman–Crippen LogP) is 5.11. The number of nitrogens with zero attached hydrogens (tertiary/aromatic N) is 1. The zero-order chi connectivity index (χ0) is 14.4. The van der Waals surface area contributed by atoms with Crippen LogP contribution in [-0.4, -0.2) is 11.0 Å². The smallest absolute Gasteiger partial charge is 0.109 e. The molecular formula is C17H30N2S.